The van der Waals surface area contributed by atoms with Crippen LogP contribution in [-0.2, 0) is 0 Å². The van der Waals surface area contributed by atoms with E-state index in [1.165, 1.54) is 11.6 Å². The first kappa shape index (κ1) is 13.1. The lowest BCUT2D eigenvalue weighted by Crippen LogP contribution is -2.13. The Bertz CT molecular complexity index is 554. The molecule has 0 amide bonds. The van der Waals surface area contributed by atoms with E-state index in [2.05, 4.69) is 18.3 Å². The van der Waals surface area contributed by atoms with Crippen LogP contribution in [0.3, 0.4) is 0 Å². The van der Waals surface area contributed by atoms with Gasteiger partial charge in [0.25, 0.3) is 0 Å². The zero-order valence-corrected chi connectivity index (χ0v) is 11.1. The highest BCUT2D eigenvalue weighted by Gasteiger charge is 2.11. The highest BCUT2D eigenvalue weighted by atomic mass is 35.5. The Morgan fingerprint density at radius 1 is 1.17 bits per heavy atom. The molecule has 1 unspecified atom stereocenters. The molecule has 1 N–H and O–H groups in total. The third-order valence-corrected chi connectivity index (χ3v) is 3.38. The minimum atomic E-state index is -0.389. The van der Waals surface area contributed by atoms with Crippen LogP contribution in [0, 0.1) is 5.82 Å². The Balaban J connectivity index is 2.53. The third kappa shape index (κ3) is 2.55. The fourth-order valence-electron chi connectivity index (χ4n) is 1.96. The Labute approximate surface area is 112 Å². The molecular formula is C15H15ClFN. The molecule has 2 aromatic carbocycles. The molecular weight excluding hydrogens is 249 g/mol. The van der Waals surface area contributed by atoms with Crippen molar-refractivity contribution < 1.29 is 4.39 Å². The number of benzene rings is 2. The summed E-state index contributed by atoms with van der Waals surface area (Å²) >= 11 is 5.84. The van der Waals surface area contributed by atoms with E-state index >= 15 is 0 Å². The first-order chi connectivity index (χ1) is 8.63. The molecule has 3 heteroatoms. The predicted molar refractivity (Wildman–Crippen MR) is 74.3 cm³/mol. The van der Waals surface area contributed by atoms with Gasteiger partial charge in [-0.2, -0.15) is 0 Å². The lowest BCUT2D eigenvalue weighted by atomic mass is 9.95. The summed E-state index contributed by atoms with van der Waals surface area (Å²) in [5.41, 5.74) is 3.17. The minimum Gasteiger partial charge on any atom is -0.313 e. The van der Waals surface area contributed by atoms with Crippen molar-refractivity contribution in [3.05, 3.63) is 58.9 Å². The Kier molecular flexibility index (Phi) is 4.00. The van der Waals surface area contributed by atoms with Crippen molar-refractivity contribution in [1.82, 2.24) is 5.32 Å². The fraction of sp³-hybridized carbons (Fsp3) is 0.200. The highest BCUT2D eigenvalue weighted by Crippen LogP contribution is 2.30. The third-order valence-electron chi connectivity index (χ3n) is 3.09. The molecule has 0 aromatic heterocycles. The van der Waals surface area contributed by atoms with E-state index in [0.717, 1.165) is 11.1 Å². The molecule has 0 aliphatic rings. The average molecular weight is 264 g/mol. The normalized spacial score (nSPS) is 12.4. The van der Waals surface area contributed by atoms with Crippen LogP contribution in [0.4, 0.5) is 4.39 Å². The zero-order chi connectivity index (χ0) is 13.1. The van der Waals surface area contributed by atoms with Gasteiger partial charge in [0.1, 0.15) is 5.82 Å². The Morgan fingerprint density at radius 2 is 1.89 bits per heavy atom. The molecule has 0 radical (unpaired) electrons. The second-order valence-electron chi connectivity index (χ2n) is 4.23. The molecule has 2 rings (SSSR count). The van der Waals surface area contributed by atoms with E-state index in [1.807, 2.05) is 25.2 Å². The minimum absolute atomic E-state index is 0.152. The van der Waals surface area contributed by atoms with Crippen molar-refractivity contribution in [3.63, 3.8) is 0 Å². The summed E-state index contributed by atoms with van der Waals surface area (Å²) in [5, 5.41) is 3.36. The molecule has 0 bridgehead atoms. The van der Waals surface area contributed by atoms with Crippen LogP contribution in [0.15, 0.2) is 42.5 Å². The monoisotopic (exact) mass is 263 g/mol. The van der Waals surface area contributed by atoms with Crippen molar-refractivity contribution >= 4 is 11.6 Å². The first-order valence-corrected chi connectivity index (χ1v) is 6.23. The molecule has 1 atom stereocenters. The number of halogens is 2. The maximum Gasteiger partial charge on any atom is 0.141 e. The lowest BCUT2D eigenvalue weighted by Gasteiger charge is -2.16. The number of hydrogen-bond donors (Lipinski definition) is 1. The van der Waals surface area contributed by atoms with E-state index in [0.29, 0.717) is 0 Å². The molecule has 0 aliphatic heterocycles. The number of nitrogens with one attached hydrogen (secondary N) is 1. The summed E-state index contributed by atoms with van der Waals surface area (Å²) in [7, 11) is 1.92. The van der Waals surface area contributed by atoms with Gasteiger partial charge in [0.05, 0.1) is 5.02 Å². The van der Waals surface area contributed by atoms with E-state index in [-0.39, 0.29) is 16.9 Å². The zero-order valence-electron chi connectivity index (χ0n) is 10.4. The molecule has 0 fully saturated rings. The van der Waals surface area contributed by atoms with Crippen LogP contribution >= 0.6 is 11.6 Å². The van der Waals surface area contributed by atoms with Gasteiger partial charge in [-0.1, -0.05) is 41.9 Å². The van der Waals surface area contributed by atoms with Gasteiger partial charge in [-0.3, -0.25) is 0 Å². The van der Waals surface area contributed by atoms with Crippen LogP contribution in [0.1, 0.15) is 18.5 Å². The van der Waals surface area contributed by atoms with Crippen molar-refractivity contribution in [1.29, 1.82) is 0 Å². The molecule has 0 spiro atoms. The van der Waals surface area contributed by atoms with E-state index < -0.39 is 0 Å². The van der Waals surface area contributed by atoms with Crippen molar-refractivity contribution in [2.75, 3.05) is 7.05 Å². The quantitative estimate of drug-likeness (QED) is 0.864. The molecule has 0 heterocycles. The van der Waals surface area contributed by atoms with Gasteiger partial charge in [-0.15, -0.1) is 0 Å². The SMILES string of the molecule is CNC(C)c1ccccc1-c1ccc(F)c(Cl)c1. The van der Waals surface area contributed by atoms with E-state index in [4.69, 9.17) is 11.6 Å². The molecule has 2 aromatic rings. The van der Waals surface area contributed by atoms with Gasteiger partial charge in [0, 0.05) is 6.04 Å². The van der Waals surface area contributed by atoms with Crippen molar-refractivity contribution in [2.45, 2.75) is 13.0 Å². The predicted octanol–water partition coefficient (Wildman–Crippen LogP) is 4.43. The van der Waals surface area contributed by atoms with Gasteiger partial charge in [0.2, 0.25) is 0 Å². The van der Waals surface area contributed by atoms with E-state index in [1.54, 1.807) is 12.1 Å². The van der Waals surface area contributed by atoms with Crippen LogP contribution in [0.5, 0.6) is 0 Å². The molecule has 0 aliphatic carbocycles. The summed E-state index contributed by atoms with van der Waals surface area (Å²) in [4.78, 5) is 0. The molecule has 94 valence electrons. The fourth-order valence-corrected chi connectivity index (χ4v) is 2.14. The largest absolute Gasteiger partial charge is 0.313 e. The maximum absolute atomic E-state index is 13.2. The van der Waals surface area contributed by atoms with Crippen LogP contribution in [-0.4, -0.2) is 7.05 Å². The summed E-state index contributed by atoms with van der Waals surface area (Å²) in [6.45, 7) is 2.09. The average Bonchev–Trinajstić information content (AvgIpc) is 2.41. The van der Waals surface area contributed by atoms with Gasteiger partial charge < -0.3 is 5.32 Å². The van der Waals surface area contributed by atoms with Crippen molar-refractivity contribution in [2.24, 2.45) is 0 Å². The smallest absolute Gasteiger partial charge is 0.141 e. The number of hydrogen-bond acceptors (Lipinski definition) is 1. The second kappa shape index (κ2) is 5.51. The van der Waals surface area contributed by atoms with E-state index in [9.17, 15) is 4.39 Å². The standard InChI is InChI=1S/C15H15ClFN/c1-10(18-2)12-5-3-4-6-13(12)11-7-8-15(17)14(16)9-11/h3-10,18H,1-2H3. The van der Waals surface area contributed by atoms with Gasteiger partial charge in [-0.25, -0.2) is 4.39 Å². The van der Waals surface area contributed by atoms with Crippen LogP contribution in [0.25, 0.3) is 11.1 Å². The summed E-state index contributed by atoms with van der Waals surface area (Å²) in [6.07, 6.45) is 0. The van der Waals surface area contributed by atoms with Gasteiger partial charge in [-0.05, 0) is 42.8 Å². The molecule has 0 saturated carbocycles. The Hall–Kier alpha value is -1.38. The van der Waals surface area contributed by atoms with Crippen LogP contribution in [0.2, 0.25) is 5.02 Å². The maximum atomic E-state index is 13.2. The first-order valence-electron chi connectivity index (χ1n) is 5.85. The highest BCUT2D eigenvalue weighted by molar-refractivity contribution is 6.31. The summed E-state index contributed by atoms with van der Waals surface area (Å²) < 4.78 is 13.2. The van der Waals surface area contributed by atoms with Gasteiger partial charge >= 0.3 is 0 Å². The molecule has 18 heavy (non-hydrogen) atoms. The lowest BCUT2D eigenvalue weighted by molar-refractivity contribution is 0.628. The summed E-state index contributed by atoms with van der Waals surface area (Å²) in [6, 6.07) is 13.1. The summed E-state index contributed by atoms with van der Waals surface area (Å²) in [5.74, 6) is -0.389. The molecule has 0 saturated heterocycles. The van der Waals surface area contributed by atoms with Crippen molar-refractivity contribution in [3.8, 4) is 11.1 Å². The second-order valence-corrected chi connectivity index (χ2v) is 4.63. The Morgan fingerprint density at radius 3 is 2.56 bits per heavy atom. The number of rotatable bonds is 3. The van der Waals surface area contributed by atoms with Crippen LogP contribution < -0.4 is 5.32 Å². The van der Waals surface area contributed by atoms with Gasteiger partial charge in [0.15, 0.2) is 0 Å². The molecule has 1 nitrogen and oxygen atoms in total. The topological polar surface area (TPSA) is 12.0 Å².